The predicted molar refractivity (Wildman–Crippen MR) is 390 cm³/mol. The van der Waals surface area contributed by atoms with E-state index in [2.05, 4.69) is 101 Å². The van der Waals surface area contributed by atoms with Gasteiger partial charge in [0.1, 0.15) is 45.6 Å². The number of aromatic amines is 4. The number of anilines is 8. The molecule has 0 saturated heterocycles. The Kier molecular flexibility index (Phi) is 19.3. The van der Waals surface area contributed by atoms with E-state index in [9.17, 15) is 19.2 Å². The van der Waals surface area contributed by atoms with Crippen molar-refractivity contribution in [2.24, 2.45) is 28.2 Å². The molecular weight excluding hydrogens is 1380 g/mol. The molecular formula is C70H58Cl2N24O8. The minimum absolute atomic E-state index is 0.0763. The third-order valence-electron chi connectivity index (χ3n) is 15.5. The molecule has 4 aromatic carbocycles. The normalized spacial score (nSPS) is 11.0. The van der Waals surface area contributed by atoms with Crippen LogP contribution in [-0.2, 0) is 32.9 Å². The highest BCUT2D eigenvalue weighted by molar-refractivity contribution is 6.36. The maximum Gasteiger partial charge on any atom is 0.354 e. The first-order chi connectivity index (χ1) is 50.1. The quantitative estimate of drug-likeness (QED) is 0.0400. The number of carboxylic acids is 3. The number of benzene rings is 4. The third kappa shape index (κ3) is 15.8. The molecule has 104 heavy (non-hydrogen) atoms. The van der Waals surface area contributed by atoms with E-state index in [1.54, 1.807) is 111 Å². The van der Waals surface area contributed by atoms with Crippen LogP contribution in [0, 0.1) is 6.92 Å². The van der Waals surface area contributed by atoms with Crippen LogP contribution in [-0.4, -0.2) is 144 Å². The number of esters is 1. The highest BCUT2D eigenvalue weighted by atomic mass is 35.5. The molecule has 520 valence electrons. The van der Waals surface area contributed by atoms with Gasteiger partial charge in [-0.2, -0.15) is 0 Å². The number of hydrogen-bond acceptors (Lipinski definition) is 21. The highest BCUT2D eigenvalue weighted by Gasteiger charge is 2.18. The molecule has 0 radical (unpaired) electrons. The van der Waals surface area contributed by atoms with Gasteiger partial charge in [-0.15, -0.1) is 0 Å². The van der Waals surface area contributed by atoms with E-state index >= 15 is 0 Å². The Morgan fingerprint density at radius 2 is 0.712 bits per heavy atom. The van der Waals surface area contributed by atoms with Crippen molar-refractivity contribution in [1.82, 2.24) is 98.0 Å². The lowest BCUT2D eigenvalue weighted by molar-refractivity contribution is 0.0593. The van der Waals surface area contributed by atoms with Crippen molar-refractivity contribution >= 4 is 137 Å². The summed E-state index contributed by atoms with van der Waals surface area (Å²) in [5, 5.41) is 43.8. The predicted octanol–water partition coefficient (Wildman–Crippen LogP) is 12.9. The SMILES string of the molecule is COC(=O)c1cc2cc(Nc3nccc(-c4cn(C)cn4)n3)cc(Cl)c2[nH]1.Cc1cc(Nc2nccc(-c3cn(C)cn3)n2)cc2cc(C(=O)O)[nH]c12.Cn1cnc(-c2ccnc(Nc3cc(Cl)c4[nH]c(C(=O)O)cc4c3)n2)c1.Cn1cnc(-c2ccnc(Nc3ccc4[nH]c(C(=O)O)cc4c3)n2)c1. The summed E-state index contributed by atoms with van der Waals surface area (Å²) in [5.41, 5.74) is 13.2. The number of methoxy groups -OCH3 is 1. The zero-order valence-corrected chi connectivity index (χ0v) is 57.0. The van der Waals surface area contributed by atoms with E-state index in [1.807, 2.05) is 115 Å². The average Bonchev–Trinajstić information content (AvgIpc) is 1.65. The summed E-state index contributed by atoms with van der Waals surface area (Å²) in [5.74, 6) is -1.78. The van der Waals surface area contributed by atoms with Crippen LogP contribution in [0.15, 0.2) is 178 Å². The number of nitrogens with zero attached hydrogens (tertiary/aromatic N) is 16. The second kappa shape index (κ2) is 29.4. The number of carbonyl (C=O) groups is 4. The van der Waals surface area contributed by atoms with Crippen molar-refractivity contribution in [2.45, 2.75) is 6.92 Å². The molecule has 11 N–H and O–H groups in total. The second-order valence-corrected chi connectivity index (χ2v) is 24.1. The Morgan fingerprint density at radius 3 is 1.09 bits per heavy atom. The van der Waals surface area contributed by atoms with E-state index in [4.69, 9.17) is 43.3 Å². The summed E-state index contributed by atoms with van der Waals surface area (Å²) in [6, 6.07) is 29.9. The molecule has 0 fully saturated rings. The number of ether oxygens (including phenoxy) is 1. The summed E-state index contributed by atoms with van der Waals surface area (Å²) in [4.78, 5) is 108. The van der Waals surface area contributed by atoms with Crippen molar-refractivity contribution in [1.29, 1.82) is 0 Å². The van der Waals surface area contributed by atoms with Gasteiger partial charge in [0.2, 0.25) is 23.8 Å². The van der Waals surface area contributed by atoms with Crippen molar-refractivity contribution in [3.05, 3.63) is 216 Å². The first-order valence-electron chi connectivity index (χ1n) is 31.1. The fourth-order valence-corrected chi connectivity index (χ4v) is 11.3. The van der Waals surface area contributed by atoms with Crippen molar-refractivity contribution in [3.8, 4) is 45.6 Å². The fraction of sp³-hybridized carbons (Fsp3) is 0.0857. The van der Waals surface area contributed by atoms with Crippen LogP contribution in [0.4, 0.5) is 46.5 Å². The van der Waals surface area contributed by atoms with E-state index < -0.39 is 23.9 Å². The molecule has 12 heterocycles. The molecule has 0 amide bonds. The van der Waals surface area contributed by atoms with Crippen LogP contribution in [0.25, 0.3) is 89.2 Å². The number of aryl methyl sites for hydroxylation is 5. The molecule has 34 heteroatoms. The van der Waals surface area contributed by atoms with Crippen molar-refractivity contribution in [3.63, 3.8) is 0 Å². The van der Waals surface area contributed by atoms with Crippen LogP contribution in [0.5, 0.6) is 0 Å². The van der Waals surface area contributed by atoms with Gasteiger partial charge in [-0.25, -0.2) is 79.0 Å². The Balaban J connectivity index is 0.000000123. The van der Waals surface area contributed by atoms with Crippen LogP contribution in [0.1, 0.15) is 47.5 Å². The Bertz CT molecular complexity index is 5740. The zero-order chi connectivity index (χ0) is 72.9. The Labute approximate surface area is 597 Å². The van der Waals surface area contributed by atoms with Crippen LogP contribution >= 0.6 is 23.2 Å². The molecule has 0 atom stereocenters. The first kappa shape index (κ1) is 68.4. The minimum atomic E-state index is -1.04. The third-order valence-corrected chi connectivity index (χ3v) is 16.1. The Hall–Kier alpha value is -14.1. The number of hydrogen-bond donors (Lipinski definition) is 11. The van der Waals surface area contributed by atoms with E-state index in [1.165, 1.54) is 13.2 Å². The van der Waals surface area contributed by atoms with Gasteiger partial charge in [-0.05, 0) is 116 Å². The number of rotatable bonds is 16. The highest BCUT2D eigenvalue weighted by Crippen LogP contribution is 2.33. The summed E-state index contributed by atoms with van der Waals surface area (Å²) in [6.07, 6.45) is 21.0. The van der Waals surface area contributed by atoms with Crippen molar-refractivity contribution in [2.75, 3.05) is 28.4 Å². The van der Waals surface area contributed by atoms with Gasteiger partial charge >= 0.3 is 23.9 Å². The van der Waals surface area contributed by atoms with Crippen LogP contribution < -0.4 is 21.3 Å². The Morgan fingerprint density at radius 1 is 0.385 bits per heavy atom. The lowest BCUT2D eigenvalue weighted by Crippen LogP contribution is -2.00. The maximum absolute atomic E-state index is 11.7. The lowest BCUT2D eigenvalue weighted by Gasteiger charge is -2.07. The summed E-state index contributed by atoms with van der Waals surface area (Å²) in [6.45, 7) is 1.92. The molecule has 0 bridgehead atoms. The molecule has 0 saturated carbocycles. The summed E-state index contributed by atoms with van der Waals surface area (Å²) >= 11 is 12.6. The molecule has 16 aromatic rings. The number of nitrogens with one attached hydrogen (secondary N) is 8. The fourth-order valence-electron chi connectivity index (χ4n) is 10.8. The number of aromatic carboxylic acids is 3. The van der Waals surface area contributed by atoms with Gasteiger partial charge < -0.3 is 79.5 Å². The molecule has 12 aromatic heterocycles. The average molecular weight is 1430 g/mol. The van der Waals surface area contributed by atoms with Gasteiger partial charge in [-0.3, -0.25) is 0 Å². The molecule has 0 aliphatic rings. The summed E-state index contributed by atoms with van der Waals surface area (Å²) in [7, 11) is 8.91. The topological polar surface area (TPSA) is 424 Å². The van der Waals surface area contributed by atoms with Gasteiger partial charge in [-0.1, -0.05) is 23.2 Å². The molecule has 32 nitrogen and oxygen atoms in total. The number of fused-ring (bicyclic) bond motifs is 4. The maximum atomic E-state index is 11.7. The van der Waals surface area contributed by atoms with Gasteiger partial charge in [0.25, 0.3) is 0 Å². The monoisotopic (exact) mass is 1430 g/mol. The molecule has 0 aliphatic heterocycles. The largest absolute Gasteiger partial charge is 0.477 e. The number of imidazole rings is 4. The van der Waals surface area contributed by atoms with Crippen LogP contribution in [0.2, 0.25) is 10.0 Å². The summed E-state index contributed by atoms with van der Waals surface area (Å²) < 4.78 is 12.1. The second-order valence-electron chi connectivity index (χ2n) is 23.3. The number of halogens is 2. The van der Waals surface area contributed by atoms with Crippen molar-refractivity contribution < 1.29 is 39.2 Å². The standard InChI is InChI=1S/C18H15ClN6O2.C18H16N6O2.C17H13ClN6O2.C17H14N6O2/c1-25-8-15(21-9-25)13-3-4-20-18(24-13)22-11-5-10-6-14(17(26)27-2)23-16(10)12(19)7-11;1-10-5-12(6-11-7-14(17(25)26)22-16(10)11)21-18-19-4-3-13(23-18)15-8-24(2)9-20-15;1-24-7-14(20-8-24)12-2-3-19-17(23-12)21-10-4-9-5-13(16(25)26)22-15(9)11(18)6-10;1-23-8-15(19-9-23)13-4-5-18-17(22-13)20-11-2-3-12-10(6-11)7-14(21-12)16(24)25/h3-9,23H,1-2H3,(H,20,22,24);3-9,22H,1-2H3,(H,25,26)(H,19,21,23);2-8,22H,1H3,(H,25,26)(H,19,21,23);2-9,21H,1H3,(H,24,25)(H,18,20,22). The van der Waals surface area contributed by atoms with Gasteiger partial charge in [0.05, 0.1) is 76.3 Å². The van der Waals surface area contributed by atoms with Gasteiger partial charge in [0.15, 0.2) is 0 Å². The number of carbonyl (C=O) groups excluding carboxylic acids is 1. The number of aromatic nitrogens is 20. The van der Waals surface area contributed by atoms with E-state index in [0.29, 0.717) is 84.4 Å². The molecule has 16 rings (SSSR count). The molecule has 0 spiro atoms. The van der Waals surface area contributed by atoms with E-state index in [-0.39, 0.29) is 17.1 Å². The van der Waals surface area contributed by atoms with Crippen LogP contribution in [0.3, 0.4) is 0 Å². The van der Waals surface area contributed by atoms with E-state index in [0.717, 1.165) is 72.6 Å². The lowest BCUT2D eigenvalue weighted by atomic mass is 10.1. The smallest absolute Gasteiger partial charge is 0.354 e. The van der Waals surface area contributed by atoms with Gasteiger partial charge in [0, 0.05) is 133 Å². The zero-order valence-electron chi connectivity index (χ0n) is 55.5. The number of carboxylic acid groups (broad SMARTS) is 3. The molecule has 0 unspecified atom stereocenters. The minimum Gasteiger partial charge on any atom is -0.477 e. The first-order valence-corrected chi connectivity index (χ1v) is 31.9. The molecule has 0 aliphatic carbocycles. The number of H-pyrrole nitrogens is 4.